The van der Waals surface area contributed by atoms with Gasteiger partial charge in [0.15, 0.2) is 0 Å². The Morgan fingerprint density at radius 3 is 2.54 bits per heavy atom. The SMILES string of the molecule is C=CC(=O)Nc1cccc(CNC(=O)[C@@H]2CCC3CCCC[C@H](NC(=O)[C@H](C)N(C)C(=O)OC(C)(C)C)C(=O)N32)c1. The standard InChI is InChI=1S/C30H43N5O6/c1-7-25(36)32-21-12-10-11-20(17-21)18-31-27(38)24-16-15-22-13-8-9-14-23(28(39)35(22)24)33-26(37)19(2)34(6)29(40)41-30(3,4)5/h7,10-12,17,19,22-24H,1,8-9,13-16,18H2,2-6H3,(H,31,38)(H,32,36)(H,33,37)/t19-,22?,23-,24-/m0/s1. The van der Waals surface area contributed by atoms with Crippen LogP contribution in [-0.2, 0) is 30.5 Å². The van der Waals surface area contributed by atoms with Crippen molar-refractivity contribution < 1.29 is 28.7 Å². The van der Waals surface area contributed by atoms with Crippen LogP contribution < -0.4 is 16.0 Å². The summed E-state index contributed by atoms with van der Waals surface area (Å²) in [4.78, 5) is 67.1. The average Bonchev–Trinajstić information content (AvgIpc) is 3.33. The summed E-state index contributed by atoms with van der Waals surface area (Å²) >= 11 is 0. The lowest BCUT2D eigenvalue weighted by Gasteiger charge is -2.36. The van der Waals surface area contributed by atoms with Crippen molar-refractivity contribution in [3.63, 3.8) is 0 Å². The highest BCUT2D eigenvalue weighted by Gasteiger charge is 2.44. The zero-order chi connectivity index (χ0) is 30.3. The maximum absolute atomic E-state index is 13.8. The molecule has 1 aromatic rings. The molecule has 2 heterocycles. The summed E-state index contributed by atoms with van der Waals surface area (Å²) in [5.74, 6) is -1.32. The predicted molar refractivity (Wildman–Crippen MR) is 155 cm³/mol. The Morgan fingerprint density at radius 1 is 1.15 bits per heavy atom. The van der Waals surface area contributed by atoms with E-state index in [-0.39, 0.29) is 30.3 Å². The van der Waals surface area contributed by atoms with Crippen LogP contribution in [0, 0.1) is 0 Å². The normalized spacial score (nSPS) is 21.4. The van der Waals surface area contributed by atoms with Gasteiger partial charge in [0.25, 0.3) is 0 Å². The number of carbonyl (C=O) groups is 5. The van der Waals surface area contributed by atoms with Gasteiger partial charge >= 0.3 is 6.09 Å². The van der Waals surface area contributed by atoms with E-state index in [0.29, 0.717) is 24.9 Å². The minimum Gasteiger partial charge on any atom is -0.444 e. The summed E-state index contributed by atoms with van der Waals surface area (Å²) < 4.78 is 5.36. The molecule has 0 radical (unpaired) electrons. The van der Waals surface area contributed by atoms with Gasteiger partial charge in [-0.25, -0.2) is 4.79 Å². The van der Waals surface area contributed by atoms with Crippen molar-refractivity contribution in [3.05, 3.63) is 42.5 Å². The fourth-order valence-corrected chi connectivity index (χ4v) is 5.14. The van der Waals surface area contributed by atoms with E-state index in [0.717, 1.165) is 24.8 Å². The van der Waals surface area contributed by atoms with Crippen molar-refractivity contribution in [3.8, 4) is 0 Å². The summed E-state index contributed by atoms with van der Waals surface area (Å²) in [6.45, 7) is 10.5. The number of hydrogen-bond acceptors (Lipinski definition) is 6. The molecule has 0 bridgehead atoms. The number of anilines is 1. The molecule has 0 saturated carbocycles. The van der Waals surface area contributed by atoms with Crippen molar-refractivity contribution in [1.29, 1.82) is 0 Å². The highest BCUT2D eigenvalue weighted by Crippen LogP contribution is 2.31. The van der Waals surface area contributed by atoms with Gasteiger partial charge < -0.3 is 25.6 Å². The molecule has 224 valence electrons. The van der Waals surface area contributed by atoms with Crippen molar-refractivity contribution in [2.75, 3.05) is 12.4 Å². The molecule has 41 heavy (non-hydrogen) atoms. The van der Waals surface area contributed by atoms with Gasteiger partial charge in [-0.1, -0.05) is 31.6 Å². The van der Waals surface area contributed by atoms with Crippen LogP contribution in [0.4, 0.5) is 10.5 Å². The van der Waals surface area contributed by atoms with Gasteiger partial charge in [0.2, 0.25) is 23.6 Å². The Morgan fingerprint density at radius 2 is 1.85 bits per heavy atom. The van der Waals surface area contributed by atoms with Gasteiger partial charge in [-0.15, -0.1) is 0 Å². The van der Waals surface area contributed by atoms with E-state index in [1.807, 2.05) is 6.07 Å². The first-order valence-electron chi connectivity index (χ1n) is 14.2. The van der Waals surface area contributed by atoms with Gasteiger partial charge in [0.1, 0.15) is 23.7 Å². The Bertz CT molecular complexity index is 1160. The zero-order valence-electron chi connectivity index (χ0n) is 24.7. The third kappa shape index (κ3) is 8.55. The summed E-state index contributed by atoms with van der Waals surface area (Å²) in [5, 5.41) is 8.47. The van der Waals surface area contributed by atoms with Crippen LogP contribution in [0.15, 0.2) is 36.9 Å². The Kier molecular flexibility index (Phi) is 10.5. The molecule has 2 saturated heterocycles. The number of benzene rings is 1. The maximum atomic E-state index is 13.8. The molecule has 0 aromatic heterocycles. The highest BCUT2D eigenvalue weighted by atomic mass is 16.6. The third-order valence-electron chi connectivity index (χ3n) is 7.44. The number of ether oxygens (including phenoxy) is 1. The molecule has 11 heteroatoms. The van der Waals surface area contributed by atoms with Gasteiger partial charge in [-0.05, 0) is 77.2 Å². The van der Waals surface area contributed by atoms with Crippen LogP contribution in [0.3, 0.4) is 0 Å². The Labute approximate surface area is 242 Å². The van der Waals surface area contributed by atoms with Gasteiger partial charge in [-0.2, -0.15) is 0 Å². The van der Waals surface area contributed by atoms with E-state index >= 15 is 0 Å². The van der Waals surface area contributed by atoms with Crippen LogP contribution >= 0.6 is 0 Å². The number of nitrogens with zero attached hydrogens (tertiary/aromatic N) is 2. The van der Waals surface area contributed by atoms with E-state index in [9.17, 15) is 24.0 Å². The first kappa shape index (κ1) is 31.6. The largest absolute Gasteiger partial charge is 0.444 e. The van der Waals surface area contributed by atoms with Crippen LogP contribution in [0.5, 0.6) is 0 Å². The van der Waals surface area contributed by atoms with Gasteiger partial charge in [0.05, 0.1) is 0 Å². The molecule has 3 rings (SSSR count). The van der Waals surface area contributed by atoms with Crippen molar-refractivity contribution >= 4 is 35.4 Å². The molecule has 1 aromatic carbocycles. The number of amides is 5. The molecule has 3 N–H and O–H groups in total. The topological polar surface area (TPSA) is 137 Å². The van der Waals surface area contributed by atoms with E-state index in [4.69, 9.17) is 4.74 Å². The summed E-state index contributed by atoms with van der Waals surface area (Å²) in [6, 6.07) is 4.76. The Hall–Kier alpha value is -3.89. The molecule has 2 fully saturated rings. The summed E-state index contributed by atoms with van der Waals surface area (Å²) in [7, 11) is 1.48. The van der Waals surface area contributed by atoms with Crippen molar-refractivity contribution in [1.82, 2.24) is 20.4 Å². The number of likely N-dealkylation sites (N-methyl/N-ethyl adjacent to an activating group) is 1. The van der Waals surface area contributed by atoms with Crippen LogP contribution in [-0.4, -0.2) is 76.3 Å². The van der Waals surface area contributed by atoms with E-state index in [1.165, 1.54) is 18.0 Å². The lowest BCUT2D eigenvalue weighted by Crippen LogP contribution is -2.58. The fourth-order valence-electron chi connectivity index (χ4n) is 5.14. The minimum atomic E-state index is -0.858. The minimum absolute atomic E-state index is 0.0720. The van der Waals surface area contributed by atoms with E-state index in [2.05, 4.69) is 22.5 Å². The molecule has 0 aliphatic carbocycles. The molecule has 5 amide bonds. The quantitative estimate of drug-likeness (QED) is 0.412. The monoisotopic (exact) mass is 569 g/mol. The first-order valence-corrected chi connectivity index (χ1v) is 14.2. The molecule has 4 atom stereocenters. The van der Waals surface area contributed by atoms with Gasteiger partial charge in [0, 0.05) is 25.3 Å². The molecule has 0 spiro atoms. The number of carbonyl (C=O) groups excluding carboxylic acids is 5. The van der Waals surface area contributed by atoms with Crippen molar-refractivity contribution in [2.45, 2.75) is 103 Å². The number of nitrogens with one attached hydrogen (secondary N) is 3. The zero-order valence-corrected chi connectivity index (χ0v) is 24.7. The predicted octanol–water partition coefficient (Wildman–Crippen LogP) is 3.10. The van der Waals surface area contributed by atoms with E-state index in [1.54, 1.807) is 50.8 Å². The van der Waals surface area contributed by atoms with Crippen molar-refractivity contribution in [2.24, 2.45) is 0 Å². The lowest BCUT2D eigenvalue weighted by atomic mass is 9.98. The van der Waals surface area contributed by atoms with Crippen LogP contribution in [0.1, 0.15) is 71.8 Å². The first-order chi connectivity index (χ1) is 19.3. The highest BCUT2D eigenvalue weighted by molar-refractivity contribution is 5.99. The number of rotatable bonds is 8. The third-order valence-corrected chi connectivity index (χ3v) is 7.44. The van der Waals surface area contributed by atoms with Gasteiger partial charge in [-0.3, -0.25) is 24.1 Å². The van der Waals surface area contributed by atoms with E-state index < -0.39 is 35.7 Å². The molecule has 11 nitrogen and oxygen atoms in total. The average molecular weight is 570 g/mol. The molecule has 1 unspecified atom stereocenters. The fraction of sp³-hybridized carbons (Fsp3) is 0.567. The molecule has 2 aliphatic heterocycles. The summed E-state index contributed by atoms with van der Waals surface area (Å²) in [5.41, 5.74) is 0.676. The molecular weight excluding hydrogens is 526 g/mol. The smallest absolute Gasteiger partial charge is 0.410 e. The molecular formula is C30H43N5O6. The number of fused-ring (bicyclic) bond motifs is 1. The second-order valence-electron chi connectivity index (χ2n) is 11.7. The lowest BCUT2D eigenvalue weighted by molar-refractivity contribution is -0.144. The van der Waals surface area contributed by atoms with Crippen LogP contribution in [0.25, 0.3) is 0 Å². The number of hydrogen-bond donors (Lipinski definition) is 3. The Balaban J connectivity index is 1.66. The van der Waals surface area contributed by atoms with Crippen LogP contribution in [0.2, 0.25) is 0 Å². The molecule has 2 aliphatic rings. The maximum Gasteiger partial charge on any atom is 0.410 e. The second kappa shape index (κ2) is 13.6. The summed E-state index contributed by atoms with van der Waals surface area (Å²) in [6.07, 6.45) is 4.71. The second-order valence-corrected chi connectivity index (χ2v) is 11.7.